The van der Waals surface area contributed by atoms with Crippen molar-refractivity contribution < 1.29 is 0 Å². The van der Waals surface area contributed by atoms with E-state index in [-0.39, 0.29) is 0 Å². The highest BCUT2D eigenvalue weighted by molar-refractivity contribution is 5.91. The van der Waals surface area contributed by atoms with Gasteiger partial charge >= 0.3 is 0 Å². The average Bonchev–Trinajstić information content (AvgIpc) is 2.83. The minimum Gasteiger partial charge on any atom is -0.399 e. The first-order chi connectivity index (χ1) is 8.33. The fourth-order valence-corrected chi connectivity index (χ4v) is 2.45. The van der Waals surface area contributed by atoms with Crippen LogP contribution in [0.5, 0.6) is 0 Å². The summed E-state index contributed by atoms with van der Waals surface area (Å²) < 4.78 is 0. The predicted molar refractivity (Wildman–Crippen MR) is 69.8 cm³/mol. The van der Waals surface area contributed by atoms with Crippen molar-refractivity contribution in [2.24, 2.45) is 0 Å². The molecule has 0 amide bonds. The third kappa shape index (κ3) is 2.02. The average molecular weight is 228 g/mol. The Hall–Kier alpha value is -1.84. The molecule has 2 aromatic rings. The molecule has 1 heterocycles. The van der Waals surface area contributed by atoms with E-state index >= 15 is 0 Å². The molecule has 0 aliphatic heterocycles. The van der Waals surface area contributed by atoms with E-state index in [1.807, 2.05) is 18.2 Å². The number of nitrogens with two attached hydrogens (primary N) is 1. The fraction of sp³-hybridized carbons (Fsp3) is 0.385. The Balaban J connectivity index is 1.99. The van der Waals surface area contributed by atoms with E-state index in [1.165, 1.54) is 25.7 Å². The molecule has 0 atom stereocenters. The summed E-state index contributed by atoms with van der Waals surface area (Å²) in [4.78, 5) is 8.58. The third-order valence-electron chi connectivity index (χ3n) is 3.36. The molecule has 1 aromatic heterocycles. The van der Waals surface area contributed by atoms with Crippen LogP contribution in [0.15, 0.2) is 24.5 Å². The molecular formula is C13H16N4. The Kier molecular flexibility index (Phi) is 2.55. The van der Waals surface area contributed by atoms with E-state index < -0.39 is 0 Å². The molecule has 0 radical (unpaired) electrons. The van der Waals surface area contributed by atoms with E-state index in [9.17, 15) is 0 Å². The lowest BCUT2D eigenvalue weighted by molar-refractivity contribution is 0.751. The molecule has 1 aromatic carbocycles. The van der Waals surface area contributed by atoms with Crippen LogP contribution in [0.3, 0.4) is 0 Å². The van der Waals surface area contributed by atoms with Gasteiger partial charge in [0, 0.05) is 17.1 Å². The molecule has 0 spiro atoms. The standard InChI is InChI=1S/C13H16N4/c14-9-5-6-12-11(7-9)13(16-8-15-12)17-10-3-1-2-4-10/h5-8,10H,1-4,14H2,(H,15,16,17). The maximum Gasteiger partial charge on any atom is 0.137 e. The zero-order chi connectivity index (χ0) is 11.7. The van der Waals surface area contributed by atoms with E-state index in [0.29, 0.717) is 6.04 Å². The van der Waals surface area contributed by atoms with Gasteiger partial charge in [-0.15, -0.1) is 0 Å². The van der Waals surface area contributed by atoms with Crippen molar-refractivity contribution in [3.63, 3.8) is 0 Å². The molecule has 1 aliphatic carbocycles. The summed E-state index contributed by atoms with van der Waals surface area (Å²) in [6, 6.07) is 6.29. The van der Waals surface area contributed by atoms with Gasteiger partial charge in [-0.2, -0.15) is 0 Å². The number of nitrogen functional groups attached to an aromatic ring is 1. The van der Waals surface area contributed by atoms with Gasteiger partial charge < -0.3 is 11.1 Å². The molecule has 0 bridgehead atoms. The summed E-state index contributed by atoms with van der Waals surface area (Å²) in [7, 11) is 0. The summed E-state index contributed by atoms with van der Waals surface area (Å²) in [6.07, 6.45) is 6.68. The highest BCUT2D eigenvalue weighted by Crippen LogP contribution is 2.26. The van der Waals surface area contributed by atoms with Gasteiger partial charge in [0.05, 0.1) is 5.52 Å². The second kappa shape index (κ2) is 4.20. The van der Waals surface area contributed by atoms with Crippen molar-refractivity contribution in [3.05, 3.63) is 24.5 Å². The van der Waals surface area contributed by atoms with Crippen molar-refractivity contribution in [3.8, 4) is 0 Å². The van der Waals surface area contributed by atoms with Crippen LogP contribution in [0.2, 0.25) is 0 Å². The second-order valence-electron chi connectivity index (χ2n) is 4.62. The molecule has 1 aliphatic rings. The van der Waals surface area contributed by atoms with E-state index in [2.05, 4.69) is 15.3 Å². The van der Waals surface area contributed by atoms with Gasteiger partial charge in [-0.25, -0.2) is 9.97 Å². The molecule has 4 heteroatoms. The Morgan fingerprint density at radius 1 is 1.18 bits per heavy atom. The number of rotatable bonds is 2. The van der Waals surface area contributed by atoms with Gasteiger partial charge in [0.15, 0.2) is 0 Å². The van der Waals surface area contributed by atoms with Gasteiger partial charge in [0.1, 0.15) is 12.1 Å². The van der Waals surface area contributed by atoms with E-state index in [4.69, 9.17) is 5.73 Å². The van der Waals surface area contributed by atoms with Gasteiger partial charge in [0.2, 0.25) is 0 Å². The van der Waals surface area contributed by atoms with Crippen molar-refractivity contribution >= 4 is 22.4 Å². The molecule has 1 saturated carbocycles. The molecule has 88 valence electrons. The molecular weight excluding hydrogens is 212 g/mol. The number of aromatic nitrogens is 2. The first-order valence-corrected chi connectivity index (χ1v) is 6.10. The minimum atomic E-state index is 0.550. The molecule has 3 N–H and O–H groups in total. The number of hydrogen-bond donors (Lipinski definition) is 2. The summed E-state index contributed by atoms with van der Waals surface area (Å²) in [5.41, 5.74) is 7.51. The molecule has 0 saturated heterocycles. The summed E-state index contributed by atoms with van der Waals surface area (Å²) in [6.45, 7) is 0. The first kappa shape index (κ1) is 10.3. The van der Waals surface area contributed by atoms with Crippen LogP contribution >= 0.6 is 0 Å². The van der Waals surface area contributed by atoms with Gasteiger partial charge in [0.25, 0.3) is 0 Å². The van der Waals surface area contributed by atoms with Crippen LogP contribution in [0.4, 0.5) is 11.5 Å². The van der Waals surface area contributed by atoms with Crippen molar-refractivity contribution in [1.29, 1.82) is 0 Å². The summed E-state index contributed by atoms with van der Waals surface area (Å²) >= 11 is 0. The van der Waals surface area contributed by atoms with Gasteiger partial charge in [-0.05, 0) is 31.0 Å². The van der Waals surface area contributed by atoms with Gasteiger partial charge in [-0.1, -0.05) is 12.8 Å². The van der Waals surface area contributed by atoms with Crippen molar-refractivity contribution in [2.45, 2.75) is 31.7 Å². The monoisotopic (exact) mass is 228 g/mol. The Labute approximate surface area is 100 Å². The van der Waals surface area contributed by atoms with E-state index in [0.717, 1.165) is 22.4 Å². The quantitative estimate of drug-likeness (QED) is 0.775. The SMILES string of the molecule is Nc1ccc2ncnc(NC3CCCC3)c2c1. The van der Waals surface area contributed by atoms with E-state index in [1.54, 1.807) is 6.33 Å². The number of benzene rings is 1. The summed E-state index contributed by atoms with van der Waals surface area (Å²) in [5, 5.41) is 4.52. The maximum atomic E-state index is 5.82. The van der Waals surface area contributed by atoms with Crippen LogP contribution in [-0.2, 0) is 0 Å². The topological polar surface area (TPSA) is 63.8 Å². The Bertz CT molecular complexity index is 532. The highest BCUT2D eigenvalue weighted by Gasteiger charge is 2.16. The number of hydrogen-bond acceptors (Lipinski definition) is 4. The molecule has 0 unspecified atom stereocenters. The number of nitrogens with one attached hydrogen (secondary N) is 1. The lowest BCUT2D eigenvalue weighted by Crippen LogP contribution is -2.15. The van der Waals surface area contributed by atoms with Crippen molar-refractivity contribution in [2.75, 3.05) is 11.1 Å². The normalized spacial score (nSPS) is 16.5. The molecule has 3 rings (SSSR count). The minimum absolute atomic E-state index is 0.550. The lowest BCUT2D eigenvalue weighted by atomic mass is 10.2. The number of fused-ring (bicyclic) bond motifs is 1. The second-order valence-corrected chi connectivity index (χ2v) is 4.62. The first-order valence-electron chi connectivity index (χ1n) is 6.10. The zero-order valence-electron chi connectivity index (χ0n) is 9.69. The third-order valence-corrected chi connectivity index (χ3v) is 3.36. The van der Waals surface area contributed by atoms with Gasteiger partial charge in [-0.3, -0.25) is 0 Å². The summed E-state index contributed by atoms with van der Waals surface area (Å²) in [5.74, 6) is 0.911. The molecule has 1 fully saturated rings. The van der Waals surface area contributed by atoms with Crippen molar-refractivity contribution in [1.82, 2.24) is 9.97 Å². The van der Waals surface area contributed by atoms with Crippen LogP contribution in [-0.4, -0.2) is 16.0 Å². The smallest absolute Gasteiger partial charge is 0.137 e. The molecule has 17 heavy (non-hydrogen) atoms. The van der Waals surface area contributed by atoms with Crippen LogP contribution < -0.4 is 11.1 Å². The Morgan fingerprint density at radius 3 is 2.82 bits per heavy atom. The fourth-order valence-electron chi connectivity index (χ4n) is 2.45. The van der Waals surface area contributed by atoms with Crippen LogP contribution in [0, 0.1) is 0 Å². The number of anilines is 2. The maximum absolute atomic E-state index is 5.82. The lowest BCUT2D eigenvalue weighted by Gasteiger charge is -2.14. The number of nitrogens with zero attached hydrogens (tertiary/aromatic N) is 2. The van der Waals surface area contributed by atoms with Crippen LogP contribution in [0.25, 0.3) is 10.9 Å². The predicted octanol–water partition coefficient (Wildman–Crippen LogP) is 2.57. The zero-order valence-corrected chi connectivity index (χ0v) is 9.69. The van der Waals surface area contributed by atoms with Crippen LogP contribution in [0.1, 0.15) is 25.7 Å². The molecule has 4 nitrogen and oxygen atoms in total. The highest BCUT2D eigenvalue weighted by atomic mass is 15.0. The largest absolute Gasteiger partial charge is 0.399 e. The Morgan fingerprint density at radius 2 is 2.00 bits per heavy atom.